The molecule has 0 aliphatic rings. The molecule has 0 aliphatic heterocycles. The second-order valence-electron chi connectivity index (χ2n) is 2.90. The summed E-state index contributed by atoms with van der Waals surface area (Å²) in [6.45, 7) is 1.85. The van der Waals surface area contributed by atoms with Crippen molar-refractivity contribution in [3.8, 4) is 0 Å². The summed E-state index contributed by atoms with van der Waals surface area (Å²) < 4.78 is 25.6. The van der Waals surface area contributed by atoms with Crippen molar-refractivity contribution >= 4 is 21.7 Å². The molecule has 0 radical (unpaired) electrons. The van der Waals surface area contributed by atoms with Crippen LogP contribution in [0.4, 0.5) is 8.78 Å². The molecule has 14 heavy (non-hydrogen) atoms. The molecule has 0 bridgehead atoms. The lowest BCUT2D eigenvalue weighted by atomic mass is 10.1. The summed E-state index contributed by atoms with van der Waals surface area (Å²) >= 11 is 2.87. The van der Waals surface area contributed by atoms with Crippen LogP contribution < -0.4 is 0 Å². The van der Waals surface area contributed by atoms with E-state index in [9.17, 15) is 13.6 Å². The smallest absolute Gasteiger partial charge is 0.173 e. The fourth-order valence-electron chi connectivity index (χ4n) is 1.10. The van der Waals surface area contributed by atoms with Gasteiger partial charge < -0.3 is 0 Å². The molecule has 0 fully saturated rings. The van der Waals surface area contributed by atoms with Gasteiger partial charge in [-0.3, -0.25) is 4.79 Å². The van der Waals surface area contributed by atoms with Gasteiger partial charge in [-0.25, -0.2) is 8.78 Å². The number of benzene rings is 1. The maximum Gasteiger partial charge on any atom is 0.173 e. The molecule has 1 nitrogen and oxygen atoms in total. The highest BCUT2D eigenvalue weighted by molar-refractivity contribution is 9.10. The van der Waals surface area contributed by atoms with Crippen molar-refractivity contribution in [1.82, 2.24) is 0 Å². The van der Waals surface area contributed by atoms with Gasteiger partial charge in [0, 0.05) is 12.0 Å². The van der Waals surface area contributed by atoms with Crippen molar-refractivity contribution in [3.63, 3.8) is 0 Å². The minimum absolute atomic E-state index is 0.0871. The first kappa shape index (κ1) is 11.3. The predicted octanol–water partition coefficient (Wildman–Crippen LogP) is 3.71. The molecule has 1 aromatic carbocycles. The third kappa shape index (κ3) is 2.18. The Kier molecular flexibility index (Phi) is 3.75. The van der Waals surface area contributed by atoms with E-state index in [-0.39, 0.29) is 15.8 Å². The van der Waals surface area contributed by atoms with Gasteiger partial charge in [0.2, 0.25) is 0 Å². The third-order valence-corrected chi connectivity index (χ3v) is 2.59. The highest BCUT2D eigenvalue weighted by Gasteiger charge is 2.15. The number of ketones is 1. The van der Waals surface area contributed by atoms with Gasteiger partial charge in [-0.1, -0.05) is 6.92 Å². The Hall–Kier alpha value is -0.770. The number of Topliss-reactive ketones (excluding diaryl/α,β-unsaturated/α-hetero) is 1. The van der Waals surface area contributed by atoms with Gasteiger partial charge in [-0.2, -0.15) is 0 Å². The van der Waals surface area contributed by atoms with Crippen molar-refractivity contribution in [2.45, 2.75) is 19.8 Å². The minimum Gasteiger partial charge on any atom is -0.294 e. The normalized spacial score (nSPS) is 10.3. The minimum atomic E-state index is -1.01. The van der Waals surface area contributed by atoms with Gasteiger partial charge in [-0.15, -0.1) is 0 Å². The topological polar surface area (TPSA) is 17.1 Å². The zero-order chi connectivity index (χ0) is 10.7. The zero-order valence-electron chi connectivity index (χ0n) is 7.61. The van der Waals surface area contributed by atoms with Crippen LogP contribution in [0, 0.1) is 11.6 Å². The fourth-order valence-corrected chi connectivity index (χ4v) is 1.65. The summed E-state index contributed by atoms with van der Waals surface area (Å²) in [5, 5.41) is 0. The Morgan fingerprint density at radius 3 is 2.64 bits per heavy atom. The summed E-state index contributed by atoms with van der Waals surface area (Å²) in [5.41, 5.74) is 0.200. The second-order valence-corrected chi connectivity index (χ2v) is 3.69. The lowest BCUT2D eigenvalue weighted by Crippen LogP contribution is -2.02. The van der Waals surface area contributed by atoms with E-state index >= 15 is 0 Å². The maximum absolute atomic E-state index is 13.0. The molecule has 0 aliphatic carbocycles. The average molecular weight is 263 g/mol. The molecule has 0 atom stereocenters. The molecule has 4 heteroatoms. The molecule has 0 saturated heterocycles. The highest BCUT2D eigenvalue weighted by Crippen LogP contribution is 2.24. The van der Waals surface area contributed by atoms with E-state index in [1.165, 1.54) is 6.07 Å². The van der Waals surface area contributed by atoms with E-state index in [0.717, 1.165) is 6.07 Å². The summed E-state index contributed by atoms with van der Waals surface area (Å²) in [6, 6.07) is 2.25. The first-order valence-electron chi connectivity index (χ1n) is 4.24. The summed E-state index contributed by atoms with van der Waals surface area (Å²) in [7, 11) is 0. The lowest BCUT2D eigenvalue weighted by molar-refractivity contribution is 0.0980. The molecule has 76 valence electrons. The molecular formula is C10H9BrF2O. The van der Waals surface area contributed by atoms with E-state index in [1.807, 2.05) is 6.92 Å². The largest absolute Gasteiger partial charge is 0.294 e. The van der Waals surface area contributed by atoms with E-state index < -0.39 is 11.6 Å². The first-order chi connectivity index (χ1) is 6.57. The molecule has 1 rings (SSSR count). The van der Waals surface area contributed by atoms with Crippen LogP contribution >= 0.6 is 15.9 Å². The van der Waals surface area contributed by atoms with Crippen LogP contribution in [-0.4, -0.2) is 5.78 Å². The van der Waals surface area contributed by atoms with Crippen LogP contribution in [0.1, 0.15) is 30.1 Å². The van der Waals surface area contributed by atoms with Gasteiger partial charge in [-0.05, 0) is 34.5 Å². The number of hydrogen-bond acceptors (Lipinski definition) is 1. The van der Waals surface area contributed by atoms with Gasteiger partial charge >= 0.3 is 0 Å². The van der Waals surface area contributed by atoms with Crippen molar-refractivity contribution < 1.29 is 13.6 Å². The van der Waals surface area contributed by atoms with Crippen molar-refractivity contribution in [1.29, 1.82) is 0 Å². The molecule has 0 spiro atoms. The lowest BCUT2D eigenvalue weighted by Gasteiger charge is -2.03. The maximum atomic E-state index is 13.0. The SMILES string of the molecule is CCCC(=O)c1ccc(F)c(F)c1Br. The average Bonchev–Trinajstić information content (AvgIpc) is 2.15. The predicted molar refractivity (Wildman–Crippen MR) is 53.3 cm³/mol. The summed E-state index contributed by atoms with van der Waals surface area (Å²) in [4.78, 5) is 11.4. The Bertz CT molecular complexity index is 363. The van der Waals surface area contributed by atoms with E-state index in [4.69, 9.17) is 0 Å². The molecule has 0 heterocycles. The fraction of sp³-hybridized carbons (Fsp3) is 0.300. The number of halogens is 3. The van der Waals surface area contributed by atoms with E-state index in [1.54, 1.807) is 0 Å². The number of rotatable bonds is 3. The van der Waals surface area contributed by atoms with Gasteiger partial charge in [0.25, 0.3) is 0 Å². The van der Waals surface area contributed by atoms with E-state index in [0.29, 0.717) is 12.8 Å². The monoisotopic (exact) mass is 262 g/mol. The van der Waals surface area contributed by atoms with Crippen LogP contribution in [0.5, 0.6) is 0 Å². The van der Waals surface area contributed by atoms with Crippen LogP contribution in [-0.2, 0) is 0 Å². The quantitative estimate of drug-likeness (QED) is 0.600. The molecule has 0 amide bonds. The first-order valence-corrected chi connectivity index (χ1v) is 5.04. The standard InChI is InChI=1S/C10H9BrF2O/c1-2-3-8(14)6-4-5-7(12)10(13)9(6)11/h4-5H,2-3H2,1H3. The second kappa shape index (κ2) is 4.64. The van der Waals surface area contributed by atoms with Crippen LogP contribution in [0.3, 0.4) is 0 Å². The summed E-state index contributed by atoms with van der Waals surface area (Å²) in [6.07, 6.45) is 1.02. The molecule has 0 aromatic heterocycles. The van der Waals surface area contributed by atoms with Crippen molar-refractivity contribution in [3.05, 3.63) is 33.8 Å². The van der Waals surface area contributed by atoms with Crippen LogP contribution in [0.15, 0.2) is 16.6 Å². The van der Waals surface area contributed by atoms with Crippen molar-refractivity contribution in [2.24, 2.45) is 0 Å². The van der Waals surface area contributed by atoms with Gasteiger partial charge in [0.15, 0.2) is 17.4 Å². The Balaban J connectivity index is 3.11. The van der Waals surface area contributed by atoms with Crippen LogP contribution in [0.25, 0.3) is 0 Å². The molecule has 0 N–H and O–H groups in total. The highest BCUT2D eigenvalue weighted by atomic mass is 79.9. The van der Waals surface area contributed by atoms with E-state index in [2.05, 4.69) is 15.9 Å². The van der Waals surface area contributed by atoms with Gasteiger partial charge in [0.05, 0.1) is 4.47 Å². The van der Waals surface area contributed by atoms with Crippen LogP contribution in [0.2, 0.25) is 0 Å². The van der Waals surface area contributed by atoms with Gasteiger partial charge in [0.1, 0.15) is 0 Å². The number of hydrogen-bond donors (Lipinski definition) is 0. The Labute approximate surface area is 89.3 Å². The molecule has 0 saturated carbocycles. The molecule has 0 unspecified atom stereocenters. The number of carbonyl (C=O) groups excluding carboxylic acids is 1. The van der Waals surface area contributed by atoms with Crippen molar-refractivity contribution in [2.75, 3.05) is 0 Å². The number of carbonyl (C=O) groups is 1. The Morgan fingerprint density at radius 2 is 2.07 bits per heavy atom. The third-order valence-electron chi connectivity index (χ3n) is 1.81. The Morgan fingerprint density at radius 1 is 1.43 bits per heavy atom. The summed E-state index contributed by atoms with van der Waals surface area (Å²) in [5.74, 6) is -2.14. The molecule has 1 aromatic rings. The zero-order valence-corrected chi connectivity index (χ0v) is 9.20. The molecular weight excluding hydrogens is 254 g/mol.